The van der Waals surface area contributed by atoms with Gasteiger partial charge in [0.05, 0.1) is 0 Å². The lowest BCUT2D eigenvalue weighted by atomic mass is 9.93. The Morgan fingerprint density at radius 1 is 1.04 bits per heavy atom. The molecule has 9 heteroatoms. The van der Waals surface area contributed by atoms with Crippen LogP contribution in [0.15, 0.2) is 47.4 Å². The maximum Gasteiger partial charge on any atom is 0.342 e. The number of nitrogens with zero attached hydrogens (tertiary/aromatic N) is 2. The molecule has 28 heavy (non-hydrogen) atoms. The third kappa shape index (κ3) is 3.06. The summed E-state index contributed by atoms with van der Waals surface area (Å²) >= 11 is 0. The van der Waals surface area contributed by atoms with Crippen LogP contribution < -0.4 is 11.3 Å². The van der Waals surface area contributed by atoms with Gasteiger partial charge in [-0.2, -0.15) is 5.26 Å². The Labute approximate surface area is 157 Å². The number of nitrogens with one attached hydrogen (secondary N) is 1. The highest BCUT2D eigenvalue weighted by Crippen LogP contribution is 2.31. The van der Waals surface area contributed by atoms with E-state index in [9.17, 15) is 29.9 Å². The molecule has 0 saturated heterocycles. The average Bonchev–Trinajstić information content (AvgIpc) is 2.66. The van der Waals surface area contributed by atoms with Crippen molar-refractivity contribution >= 4 is 17.8 Å². The number of aromatic carboxylic acids is 2. The van der Waals surface area contributed by atoms with Crippen LogP contribution in [0.25, 0.3) is 22.3 Å². The molecular weight excluding hydrogens is 364 g/mol. The van der Waals surface area contributed by atoms with Gasteiger partial charge >= 0.3 is 11.9 Å². The fourth-order valence-corrected chi connectivity index (χ4v) is 2.88. The molecule has 3 aromatic rings. The molecule has 0 saturated carbocycles. The molecule has 0 aliphatic heterocycles. The van der Waals surface area contributed by atoms with E-state index >= 15 is 0 Å². The first-order valence-corrected chi connectivity index (χ1v) is 7.83. The summed E-state index contributed by atoms with van der Waals surface area (Å²) in [5, 5.41) is 28.0. The number of carbonyl (C=O) groups is 2. The molecule has 1 aromatic carbocycles. The van der Waals surface area contributed by atoms with Gasteiger partial charge in [0, 0.05) is 17.3 Å². The van der Waals surface area contributed by atoms with Crippen LogP contribution in [0, 0.1) is 11.3 Å². The van der Waals surface area contributed by atoms with Crippen molar-refractivity contribution < 1.29 is 19.8 Å². The third-order valence-electron chi connectivity index (χ3n) is 4.07. The Balaban J connectivity index is 2.25. The molecular formula is C19H12N4O5. The van der Waals surface area contributed by atoms with Gasteiger partial charge in [-0.15, -0.1) is 0 Å². The number of pyridine rings is 2. The van der Waals surface area contributed by atoms with Crippen molar-refractivity contribution in [3.63, 3.8) is 0 Å². The van der Waals surface area contributed by atoms with E-state index in [-0.39, 0.29) is 16.8 Å². The Hall–Kier alpha value is -4.45. The lowest BCUT2D eigenvalue weighted by molar-refractivity contribution is 0.0695. The van der Waals surface area contributed by atoms with Crippen LogP contribution >= 0.6 is 0 Å². The van der Waals surface area contributed by atoms with Gasteiger partial charge in [-0.3, -0.25) is 4.79 Å². The van der Waals surface area contributed by atoms with E-state index in [0.717, 1.165) is 0 Å². The van der Waals surface area contributed by atoms with Crippen molar-refractivity contribution in [2.75, 3.05) is 5.73 Å². The fourth-order valence-electron chi connectivity index (χ4n) is 2.88. The van der Waals surface area contributed by atoms with Crippen LogP contribution in [0.3, 0.4) is 0 Å². The summed E-state index contributed by atoms with van der Waals surface area (Å²) in [6.07, 6.45) is 1.48. The second-order valence-corrected chi connectivity index (χ2v) is 5.69. The summed E-state index contributed by atoms with van der Waals surface area (Å²) < 4.78 is 0. The number of aromatic amines is 1. The van der Waals surface area contributed by atoms with E-state index in [0.29, 0.717) is 11.1 Å². The number of nitrogen functional groups attached to an aromatic ring is 1. The van der Waals surface area contributed by atoms with Crippen molar-refractivity contribution in [3.8, 4) is 28.3 Å². The molecule has 0 bridgehead atoms. The van der Waals surface area contributed by atoms with Gasteiger partial charge in [0.25, 0.3) is 5.56 Å². The first-order valence-electron chi connectivity index (χ1n) is 7.83. The predicted octanol–water partition coefficient (Wildman–Crippen LogP) is 1.95. The quantitative estimate of drug-likeness (QED) is 0.535. The lowest BCUT2D eigenvalue weighted by Gasteiger charge is -2.12. The van der Waals surface area contributed by atoms with Gasteiger partial charge in [-0.05, 0) is 23.3 Å². The maximum atomic E-state index is 12.1. The van der Waals surface area contributed by atoms with E-state index in [1.54, 1.807) is 24.3 Å². The molecule has 138 valence electrons. The molecule has 0 fully saturated rings. The van der Waals surface area contributed by atoms with Gasteiger partial charge in [-0.25, -0.2) is 14.6 Å². The van der Waals surface area contributed by atoms with Gasteiger partial charge in [0.2, 0.25) is 0 Å². The number of hydrogen-bond donors (Lipinski definition) is 4. The second-order valence-electron chi connectivity index (χ2n) is 5.69. The molecule has 2 heterocycles. The molecule has 0 aliphatic rings. The molecule has 5 N–H and O–H groups in total. The smallest absolute Gasteiger partial charge is 0.342 e. The van der Waals surface area contributed by atoms with E-state index in [4.69, 9.17) is 5.73 Å². The number of nitriles is 1. The zero-order valence-electron chi connectivity index (χ0n) is 14.1. The van der Waals surface area contributed by atoms with Crippen LogP contribution in [-0.4, -0.2) is 32.1 Å². The summed E-state index contributed by atoms with van der Waals surface area (Å²) in [6.45, 7) is 0. The standard InChI is InChI=1S/C19H12N4O5/c20-8-12-11(2-1-7-22-12)9-3-5-10(6-4-9)13-14(18(25)26)16(21)23-17(24)15(13)19(27)28/h1-7H,(H,25,26)(H,27,28)(H3,21,23,24). The SMILES string of the molecule is N#Cc1ncccc1-c1ccc(-c2c(C(=O)O)c(N)[nH]c(=O)c2C(=O)O)cc1. The first kappa shape index (κ1) is 18.3. The summed E-state index contributed by atoms with van der Waals surface area (Å²) in [4.78, 5) is 41.3. The van der Waals surface area contributed by atoms with Gasteiger partial charge in [0.1, 0.15) is 28.7 Å². The number of nitrogens with two attached hydrogens (primary N) is 1. The van der Waals surface area contributed by atoms with Gasteiger partial charge < -0.3 is 20.9 Å². The Bertz CT molecular complexity index is 1210. The number of rotatable bonds is 4. The molecule has 0 atom stereocenters. The summed E-state index contributed by atoms with van der Waals surface area (Å²) in [5.74, 6) is -3.50. The van der Waals surface area contributed by atoms with E-state index in [2.05, 4.69) is 4.98 Å². The largest absolute Gasteiger partial charge is 0.478 e. The van der Waals surface area contributed by atoms with Crippen molar-refractivity contribution in [3.05, 3.63) is 69.8 Å². The minimum absolute atomic E-state index is 0.179. The van der Waals surface area contributed by atoms with Crippen LogP contribution in [0.2, 0.25) is 0 Å². The molecule has 0 spiro atoms. The minimum atomic E-state index is -1.58. The topological polar surface area (TPSA) is 170 Å². The number of benzene rings is 1. The molecule has 3 rings (SSSR count). The number of anilines is 1. The normalized spacial score (nSPS) is 10.2. The third-order valence-corrected chi connectivity index (χ3v) is 4.07. The van der Waals surface area contributed by atoms with Crippen molar-refractivity contribution in [2.24, 2.45) is 0 Å². The van der Waals surface area contributed by atoms with E-state index in [1.165, 1.54) is 18.3 Å². The van der Waals surface area contributed by atoms with E-state index in [1.807, 2.05) is 11.1 Å². The average molecular weight is 376 g/mol. The van der Waals surface area contributed by atoms with Crippen LogP contribution in [0.5, 0.6) is 0 Å². The highest BCUT2D eigenvalue weighted by Gasteiger charge is 2.26. The predicted molar refractivity (Wildman–Crippen MR) is 98.8 cm³/mol. The van der Waals surface area contributed by atoms with Crippen molar-refractivity contribution in [1.29, 1.82) is 5.26 Å². The lowest BCUT2D eigenvalue weighted by Crippen LogP contribution is -2.24. The number of carboxylic acids is 2. The molecule has 9 nitrogen and oxygen atoms in total. The molecule has 2 aromatic heterocycles. The fraction of sp³-hybridized carbons (Fsp3) is 0. The Morgan fingerprint density at radius 3 is 2.21 bits per heavy atom. The zero-order chi connectivity index (χ0) is 20.4. The Kier molecular flexibility index (Phi) is 4.62. The monoisotopic (exact) mass is 376 g/mol. The maximum absolute atomic E-state index is 12.1. The minimum Gasteiger partial charge on any atom is -0.478 e. The highest BCUT2D eigenvalue weighted by atomic mass is 16.4. The van der Waals surface area contributed by atoms with Gasteiger partial charge in [-0.1, -0.05) is 24.3 Å². The number of aromatic nitrogens is 2. The van der Waals surface area contributed by atoms with Gasteiger partial charge in [0.15, 0.2) is 0 Å². The Morgan fingerprint density at radius 2 is 1.64 bits per heavy atom. The molecule has 0 unspecified atom stereocenters. The highest BCUT2D eigenvalue weighted by molar-refractivity contribution is 6.07. The zero-order valence-corrected chi connectivity index (χ0v) is 14.1. The summed E-state index contributed by atoms with van der Waals surface area (Å²) in [6, 6.07) is 11.4. The number of carboxylic acid groups (broad SMARTS) is 2. The second kappa shape index (κ2) is 7.05. The number of H-pyrrole nitrogens is 1. The van der Waals surface area contributed by atoms with Crippen molar-refractivity contribution in [2.45, 2.75) is 0 Å². The molecule has 0 amide bonds. The van der Waals surface area contributed by atoms with Crippen molar-refractivity contribution in [1.82, 2.24) is 9.97 Å². The van der Waals surface area contributed by atoms with Crippen LogP contribution in [-0.2, 0) is 0 Å². The van der Waals surface area contributed by atoms with Crippen LogP contribution in [0.1, 0.15) is 26.4 Å². The van der Waals surface area contributed by atoms with E-state index < -0.39 is 34.4 Å². The molecule has 0 aliphatic carbocycles. The number of hydrogen-bond acceptors (Lipinski definition) is 6. The first-order chi connectivity index (χ1) is 13.3. The summed E-state index contributed by atoms with van der Waals surface area (Å²) in [5.41, 5.74) is 4.63. The molecule has 0 radical (unpaired) electrons. The summed E-state index contributed by atoms with van der Waals surface area (Å²) in [7, 11) is 0. The van der Waals surface area contributed by atoms with Crippen LogP contribution in [0.4, 0.5) is 5.82 Å².